The summed E-state index contributed by atoms with van der Waals surface area (Å²) in [5.74, 6) is 0. The molecule has 1 spiro atoms. The second-order valence-electron chi connectivity index (χ2n) is 3.88. The highest BCUT2D eigenvalue weighted by molar-refractivity contribution is 4.99. The molecule has 2 fully saturated rings. The molecular formula is C8H14O2. The van der Waals surface area contributed by atoms with E-state index in [0.717, 1.165) is 19.3 Å². The molecule has 2 aliphatic carbocycles. The molecule has 0 aromatic heterocycles. The molecule has 2 saturated carbocycles. The molecule has 2 nitrogen and oxygen atoms in total. The molecule has 0 aromatic rings. The zero-order chi connectivity index (χ0) is 7.19. The topological polar surface area (TPSA) is 40.5 Å². The zero-order valence-electron chi connectivity index (χ0n) is 6.08. The summed E-state index contributed by atoms with van der Waals surface area (Å²) in [7, 11) is 0. The van der Waals surface area contributed by atoms with Gasteiger partial charge in [-0.3, -0.25) is 0 Å². The fourth-order valence-corrected chi connectivity index (χ4v) is 1.96. The van der Waals surface area contributed by atoms with Crippen molar-refractivity contribution in [3.63, 3.8) is 0 Å². The molecule has 0 heterocycles. The Kier molecular flexibility index (Phi) is 1.29. The van der Waals surface area contributed by atoms with Crippen LogP contribution in [0.15, 0.2) is 0 Å². The Morgan fingerprint density at radius 2 is 1.70 bits per heavy atom. The Morgan fingerprint density at radius 1 is 1.00 bits per heavy atom. The van der Waals surface area contributed by atoms with Crippen LogP contribution in [0.4, 0.5) is 0 Å². The van der Waals surface area contributed by atoms with Crippen molar-refractivity contribution in [3.8, 4) is 0 Å². The van der Waals surface area contributed by atoms with E-state index in [1.165, 1.54) is 12.8 Å². The molecule has 2 N–H and O–H groups in total. The Balaban J connectivity index is 1.98. The number of rotatable bonds is 0. The van der Waals surface area contributed by atoms with Gasteiger partial charge in [0.2, 0.25) is 0 Å². The van der Waals surface area contributed by atoms with E-state index >= 15 is 0 Å². The average molecular weight is 142 g/mol. The van der Waals surface area contributed by atoms with Gasteiger partial charge in [-0.2, -0.15) is 0 Å². The molecule has 0 aliphatic heterocycles. The van der Waals surface area contributed by atoms with E-state index in [1.807, 2.05) is 0 Å². The molecule has 0 bridgehead atoms. The van der Waals surface area contributed by atoms with Crippen molar-refractivity contribution in [2.45, 2.75) is 44.3 Å². The summed E-state index contributed by atoms with van der Waals surface area (Å²) in [6, 6.07) is 0. The van der Waals surface area contributed by atoms with E-state index in [-0.39, 0.29) is 0 Å². The zero-order valence-corrected chi connectivity index (χ0v) is 6.08. The summed E-state index contributed by atoms with van der Waals surface area (Å²) in [5, 5.41) is 18.5. The van der Waals surface area contributed by atoms with Crippen LogP contribution in [0.3, 0.4) is 0 Å². The summed E-state index contributed by atoms with van der Waals surface area (Å²) < 4.78 is 0. The minimum atomic E-state index is -0.439. The minimum Gasteiger partial charge on any atom is -0.390 e. The van der Waals surface area contributed by atoms with Gasteiger partial charge in [-0.25, -0.2) is 0 Å². The molecule has 58 valence electrons. The van der Waals surface area contributed by atoms with Gasteiger partial charge in [-0.05, 0) is 37.5 Å². The van der Waals surface area contributed by atoms with Gasteiger partial charge in [0, 0.05) is 0 Å². The van der Waals surface area contributed by atoms with Crippen LogP contribution in [0, 0.1) is 5.41 Å². The molecule has 2 aliphatic rings. The maximum Gasteiger partial charge on any atom is 0.0804 e. The monoisotopic (exact) mass is 142 g/mol. The van der Waals surface area contributed by atoms with Crippen molar-refractivity contribution in [3.05, 3.63) is 0 Å². The highest BCUT2D eigenvalue weighted by Crippen LogP contribution is 2.56. The Bertz CT molecular complexity index is 140. The molecule has 0 aromatic carbocycles. The number of aliphatic hydroxyl groups is 2. The first kappa shape index (κ1) is 6.62. The van der Waals surface area contributed by atoms with Gasteiger partial charge in [0.05, 0.1) is 12.2 Å². The highest BCUT2D eigenvalue weighted by Gasteiger charge is 2.47. The van der Waals surface area contributed by atoms with Crippen LogP contribution in [0.5, 0.6) is 0 Å². The highest BCUT2D eigenvalue weighted by atomic mass is 16.3. The van der Waals surface area contributed by atoms with E-state index in [9.17, 15) is 10.2 Å². The molecule has 2 rings (SSSR count). The standard InChI is InChI=1S/C8H14O2/c9-6-1-2-8(3-4-8)5-7(6)10/h6-7,9-10H,1-5H2. The Morgan fingerprint density at radius 3 is 2.20 bits per heavy atom. The van der Waals surface area contributed by atoms with Gasteiger partial charge in [-0.1, -0.05) is 0 Å². The Hall–Kier alpha value is -0.0800. The van der Waals surface area contributed by atoms with Gasteiger partial charge in [0.1, 0.15) is 0 Å². The van der Waals surface area contributed by atoms with E-state index in [2.05, 4.69) is 0 Å². The lowest BCUT2D eigenvalue weighted by Crippen LogP contribution is -2.34. The van der Waals surface area contributed by atoms with Gasteiger partial charge >= 0.3 is 0 Å². The molecular weight excluding hydrogens is 128 g/mol. The first-order valence-corrected chi connectivity index (χ1v) is 4.08. The Labute approximate surface area is 60.9 Å². The summed E-state index contributed by atoms with van der Waals surface area (Å²) in [6.07, 6.45) is 4.45. The first-order valence-electron chi connectivity index (χ1n) is 4.08. The average Bonchev–Trinajstić information content (AvgIpc) is 2.62. The smallest absolute Gasteiger partial charge is 0.0804 e. The number of hydrogen-bond acceptors (Lipinski definition) is 2. The van der Waals surface area contributed by atoms with Gasteiger partial charge in [0.15, 0.2) is 0 Å². The molecule has 0 saturated heterocycles. The fraction of sp³-hybridized carbons (Fsp3) is 1.00. The normalized spacial score (nSPS) is 43.8. The third kappa shape index (κ3) is 0.956. The van der Waals surface area contributed by atoms with E-state index in [1.54, 1.807) is 0 Å². The summed E-state index contributed by atoms with van der Waals surface area (Å²) in [5.41, 5.74) is 0.471. The van der Waals surface area contributed by atoms with Crippen molar-refractivity contribution in [1.29, 1.82) is 0 Å². The number of aliphatic hydroxyl groups excluding tert-OH is 2. The van der Waals surface area contributed by atoms with Crippen molar-refractivity contribution in [2.24, 2.45) is 5.41 Å². The van der Waals surface area contributed by atoms with Crippen molar-refractivity contribution < 1.29 is 10.2 Å². The van der Waals surface area contributed by atoms with Crippen LogP contribution in [0.2, 0.25) is 0 Å². The van der Waals surface area contributed by atoms with E-state index in [0.29, 0.717) is 5.41 Å². The quantitative estimate of drug-likeness (QED) is 0.522. The van der Waals surface area contributed by atoms with E-state index in [4.69, 9.17) is 0 Å². The first-order chi connectivity index (χ1) is 4.72. The fourth-order valence-electron chi connectivity index (χ4n) is 1.96. The summed E-state index contributed by atoms with van der Waals surface area (Å²) in [6.45, 7) is 0. The van der Waals surface area contributed by atoms with Crippen molar-refractivity contribution >= 4 is 0 Å². The second kappa shape index (κ2) is 1.95. The van der Waals surface area contributed by atoms with Crippen LogP contribution in [-0.4, -0.2) is 22.4 Å². The maximum absolute atomic E-state index is 9.30. The molecule has 2 atom stereocenters. The van der Waals surface area contributed by atoms with Crippen LogP contribution in [0.1, 0.15) is 32.1 Å². The predicted octanol–water partition coefficient (Wildman–Crippen LogP) is 0.672. The van der Waals surface area contributed by atoms with Gasteiger partial charge < -0.3 is 10.2 Å². The molecule has 0 amide bonds. The lowest BCUT2D eigenvalue weighted by atomic mass is 9.83. The van der Waals surface area contributed by atoms with Crippen LogP contribution < -0.4 is 0 Å². The lowest BCUT2D eigenvalue weighted by molar-refractivity contribution is -0.0305. The van der Waals surface area contributed by atoms with Crippen molar-refractivity contribution in [2.75, 3.05) is 0 Å². The third-order valence-corrected chi connectivity index (χ3v) is 3.01. The summed E-state index contributed by atoms with van der Waals surface area (Å²) >= 11 is 0. The number of hydrogen-bond donors (Lipinski definition) is 2. The lowest BCUT2D eigenvalue weighted by Gasteiger charge is -2.29. The van der Waals surface area contributed by atoms with Crippen LogP contribution in [-0.2, 0) is 0 Å². The van der Waals surface area contributed by atoms with Gasteiger partial charge in [-0.15, -0.1) is 0 Å². The summed E-state index contributed by atoms with van der Waals surface area (Å²) in [4.78, 5) is 0. The van der Waals surface area contributed by atoms with E-state index < -0.39 is 12.2 Å². The molecule has 2 heteroatoms. The molecule has 2 unspecified atom stereocenters. The van der Waals surface area contributed by atoms with Crippen LogP contribution >= 0.6 is 0 Å². The predicted molar refractivity (Wildman–Crippen MR) is 37.5 cm³/mol. The molecule has 10 heavy (non-hydrogen) atoms. The molecule has 0 radical (unpaired) electrons. The minimum absolute atomic E-state index is 0.434. The third-order valence-electron chi connectivity index (χ3n) is 3.01. The van der Waals surface area contributed by atoms with Crippen LogP contribution in [0.25, 0.3) is 0 Å². The van der Waals surface area contributed by atoms with Crippen molar-refractivity contribution in [1.82, 2.24) is 0 Å². The SMILES string of the molecule is OC1CCC2(CC2)CC1O. The largest absolute Gasteiger partial charge is 0.390 e. The maximum atomic E-state index is 9.30. The second-order valence-corrected chi connectivity index (χ2v) is 3.88. The van der Waals surface area contributed by atoms with Gasteiger partial charge in [0.25, 0.3) is 0 Å².